The predicted octanol–water partition coefficient (Wildman–Crippen LogP) is 3.84. The molecule has 14 heavy (non-hydrogen) atoms. The van der Waals surface area contributed by atoms with E-state index in [4.69, 9.17) is 16.0 Å². The average molecular weight is 294 g/mol. The van der Waals surface area contributed by atoms with Crippen molar-refractivity contribution in [3.63, 3.8) is 0 Å². The van der Waals surface area contributed by atoms with Gasteiger partial charge in [-0.3, -0.25) is 0 Å². The molecule has 0 radical (unpaired) electrons. The summed E-state index contributed by atoms with van der Waals surface area (Å²) in [6.07, 6.45) is 0.773. The zero-order valence-corrected chi connectivity index (χ0v) is 10.1. The zero-order chi connectivity index (χ0) is 10.1. The zero-order valence-electron chi connectivity index (χ0n) is 6.91. The Balaban J connectivity index is 2.33. The Labute approximate surface area is 98.3 Å². The largest absolute Gasteiger partial charge is 0.465 e. The molecule has 0 aliphatic rings. The van der Waals surface area contributed by atoms with Crippen molar-refractivity contribution in [3.05, 3.63) is 43.9 Å². The molecule has 1 atom stereocenters. The van der Waals surface area contributed by atoms with Gasteiger partial charge in [-0.15, -0.1) is 11.3 Å². The lowest BCUT2D eigenvalue weighted by molar-refractivity contribution is 0.192. The van der Waals surface area contributed by atoms with Crippen LogP contribution in [0.3, 0.4) is 0 Å². The number of hydrogen-bond donors (Lipinski definition) is 1. The van der Waals surface area contributed by atoms with Crippen LogP contribution in [-0.4, -0.2) is 5.11 Å². The van der Waals surface area contributed by atoms with Crippen LogP contribution >= 0.6 is 38.9 Å². The summed E-state index contributed by atoms with van der Waals surface area (Å²) in [6.45, 7) is 0. The van der Waals surface area contributed by atoms with Gasteiger partial charge < -0.3 is 9.52 Å². The molecule has 0 fully saturated rings. The second kappa shape index (κ2) is 4.06. The van der Waals surface area contributed by atoms with Gasteiger partial charge in [-0.25, -0.2) is 0 Å². The van der Waals surface area contributed by atoms with E-state index < -0.39 is 6.10 Å². The molecule has 2 heterocycles. The van der Waals surface area contributed by atoms with Crippen molar-refractivity contribution in [1.82, 2.24) is 0 Å². The maximum absolute atomic E-state index is 9.90. The lowest BCUT2D eigenvalue weighted by Gasteiger charge is -2.04. The first kappa shape index (κ1) is 10.2. The molecule has 0 aliphatic heterocycles. The lowest BCUT2D eigenvalue weighted by atomic mass is 10.2. The van der Waals surface area contributed by atoms with Crippen LogP contribution in [0.25, 0.3) is 0 Å². The van der Waals surface area contributed by atoms with E-state index >= 15 is 0 Å². The molecule has 0 spiro atoms. The van der Waals surface area contributed by atoms with E-state index in [9.17, 15) is 5.11 Å². The van der Waals surface area contributed by atoms with Crippen LogP contribution in [0.4, 0.5) is 0 Å². The van der Waals surface area contributed by atoms with Crippen molar-refractivity contribution >= 4 is 38.9 Å². The van der Waals surface area contributed by atoms with E-state index in [2.05, 4.69) is 15.9 Å². The Morgan fingerprint density at radius 1 is 1.43 bits per heavy atom. The number of rotatable bonds is 2. The molecule has 0 amide bonds. The van der Waals surface area contributed by atoms with Crippen LogP contribution in [0.5, 0.6) is 0 Å². The molecule has 0 aliphatic carbocycles. The number of halogens is 2. The van der Waals surface area contributed by atoms with Gasteiger partial charge in [-0.2, -0.15) is 0 Å². The van der Waals surface area contributed by atoms with Crippen LogP contribution in [-0.2, 0) is 0 Å². The maximum Gasteiger partial charge on any atom is 0.151 e. The molecular formula is C9H6BrClO2S. The monoisotopic (exact) mass is 292 g/mol. The van der Waals surface area contributed by atoms with E-state index in [1.807, 2.05) is 0 Å². The molecule has 2 aromatic rings. The minimum absolute atomic E-state index is 0.503. The van der Waals surface area contributed by atoms with E-state index in [0.29, 0.717) is 10.1 Å². The molecule has 0 saturated heterocycles. The summed E-state index contributed by atoms with van der Waals surface area (Å²) in [5.41, 5.74) is 0. The van der Waals surface area contributed by atoms with Crippen LogP contribution in [0.2, 0.25) is 4.34 Å². The van der Waals surface area contributed by atoms with Crippen molar-refractivity contribution in [2.75, 3.05) is 0 Å². The van der Waals surface area contributed by atoms with Crippen molar-refractivity contribution in [3.8, 4) is 0 Å². The summed E-state index contributed by atoms with van der Waals surface area (Å²) in [5, 5.41) is 9.90. The fourth-order valence-corrected chi connectivity index (χ4v) is 2.57. The van der Waals surface area contributed by atoms with E-state index in [1.165, 1.54) is 17.6 Å². The Morgan fingerprint density at radius 2 is 2.21 bits per heavy atom. The minimum Gasteiger partial charge on any atom is -0.465 e. The van der Waals surface area contributed by atoms with Gasteiger partial charge in [0.25, 0.3) is 0 Å². The van der Waals surface area contributed by atoms with Crippen molar-refractivity contribution < 1.29 is 9.52 Å². The first-order chi connectivity index (χ1) is 6.68. The molecule has 1 N–H and O–H groups in total. The van der Waals surface area contributed by atoms with Gasteiger partial charge in [-0.05, 0) is 34.1 Å². The molecule has 74 valence electrons. The number of aliphatic hydroxyl groups excluding tert-OH is 1. The topological polar surface area (TPSA) is 33.4 Å². The molecule has 2 nitrogen and oxygen atoms in total. The molecule has 2 rings (SSSR count). The van der Waals surface area contributed by atoms with Crippen LogP contribution in [0.1, 0.15) is 16.7 Å². The quantitative estimate of drug-likeness (QED) is 0.912. The summed E-state index contributed by atoms with van der Waals surface area (Å²) in [4.78, 5) is 0.769. The Bertz CT molecular complexity index is 437. The number of aliphatic hydroxyl groups is 1. The normalized spacial score (nSPS) is 13.1. The number of furan rings is 1. The smallest absolute Gasteiger partial charge is 0.151 e. The molecule has 0 saturated carbocycles. The van der Waals surface area contributed by atoms with Crippen LogP contribution in [0, 0.1) is 0 Å². The van der Waals surface area contributed by atoms with Gasteiger partial charge >= 0.3 is 0 Å². The van der Waals surface area contributed by atoms with Gasteiger partial charge in [0.2, 0.25) is 0 Å². The molecule has 0 bridgehead atoms. The first-order valence-corrected chi connectivity index (χ1v) is 5.83. The number of thiophene rings is 1. The highest BCUT2D eigenvalue weighted by Crippen LogP contribution is 2.34. The maximum atomic E-state index is 9.90. The minimum atomic E-state index is -0.753. The molecule has 1 unspecified atom stereocenters. The molecule has 2 aromatic heterocycles. The Morgan fingerprint density at radius 3 is 2.71 bits per heavy atom. The van der Waals surface area contributed by atoms with E-state index in [-0.39, 0.29) is 0 Å². The van der Waals surface area contributed by atoms with Gasteiger partial charge in [-0.1, -0.05) is 11.6 Å². The Hall–Kier alpha value is -0.290. The molecular weight excluding hydrogens is 288 g/mol. The van der Waals surface area contributed by atoms with E-state index in [1.54, 1.807) is 18.2 Å². The standard InChI is InChI=1S/C9H6BrClO2S/c10-5-3-4-13-9(5)8(12)6-1-2-7(11)14-6/h1-4,8,12H. The lowest BCUT2D eigenvalue weighted by Crippen LogP contribution is -1.95. The first-order valence-electron chi connectivity index (χ1n) is 3.84. The van der Waals surface area contributed by atoms with E-state index in [0.717, 1.165) is 9.35 Å². The van der Waals surface area contributed by atoms with Gasteiger partial charge in [0.05, 0.1) is 15.1 Å². The molecule has 0 aromatic carbocycles. The highest BCUT2D eigenvalue weighted by molar-refractivity contribution is 9.10. The van der Waals surface area contributed by atoms with Crippen LogP contribution < -0.4 is 0 Å². The van der Waals surface area contributed by atoms with Gasteiger partial charge in [0, 0.05) is 4.88 Å². The summed E-state index contributed by atoms with van der Waals surface area (Å²) < 4.78 is 6.57. The summed E-state index contributed by atoms with van der Waals surface area (Å²) in [7, 11) is 0. The second-order valence-corrected chi connectivity index (χ2v) is 5.28. The third-order valence-electron chi connectivity index (χ3n) is 1.76. The highest BCUT2D eigenvalue weighted by atomic mass is 79.9. The predicted molar refractivity (Wildman–Crippen MR) is 59.8 cm³/mol. The summed E-state index contributed by atoms with van der Waals surface area (Å²) >= 11 is 10.4. The molecule has 5 heteroatoms. The fourth-order valence-electron chi connectivity index (χ4n) is 1.10. The van der Waals surface area contributed by atoms with Gasteiger partial charge in [0.15, 0.2) is 5.76 Å². The fraction of sp³-hybridized carbons (Fsp3) is 0.111. The van der Waals surface area contributed by atoms with Crippen molar-refractivity contribution in [1.29, 1.82) is 0 Å². The second-order valence-electron chi connectivity index (χ2n) is 2.68. The third-order valence-corrected chi connectivity index (χ3v) is 3.70. The van der Waals surface area contributed by atoms with Crippen molar-refractivity contribution in [2.24, 2.45) is 0 Å². The summed E-state index contributed by atoms with van der Waals surface area (Å²) in [5.74, 6) is 0.503. The highest BCUT2D eigenvalue weighted by Gasteiger charge is 2.18. The van der Waals surface area contributed by atoms with Crippen molar-refractivity contribution in [2.45, 2.75) is 6.10 Å². The third kappa shape index (κ3) is 1.88. The summed E-state index contributed by atoms with van der Waals surface area (Å²) in [6, 6.07) is 5.28. The average Bonchev–Trinajstić information content (AvgIpc) is 2.73. The van der Waals surface area contributed by atoms with Crippen LogP contribution in [0.15, 0.2) is 33.4 Å². The van der Waals surface area contributed by atoms with Gasteiger partial charge in [0.1, 0.15) is 6.10 Å². The Kier molecular flexibility index (Phi) is 2.97. The SMILES string of the molecule is OC(c1ccc(Cl)s1)c1occc1Br. The number of hydrogen-bond acceptors (Lipinski definition) is 3.